The van der Waals surface area contributed by atoms with Crippen LogP contribution < -0.4 is 10.1 Å². The maximum Gasteiger partial charge on any atom is 0.119 e. The molecule has 1 aromatic carbocycles. The van der Waals surface area contributed by atoms with E-state index in [0.717, 1.165) is 30.9 Å². The molecule has 0 amide bonds. The average Bonchev–Trinajstić information content (AvgIpc) is 2.36. The lowest BCUT2D eigenvalue weighted by Gasteiger charge is -2.25. The SMILES string of the molecule is CCCOc1ccc(C(C)(O)CCNC(C)C)cc1. The summed E-state index contributed by atoms with van der Waals surface area (Å²) in [4.78, 5) is 0. The molecule has 0 saturated carbocycles. The Kier molecular flexibility index (Phi) is 6.32. The van der Waals surface area contributed by atoms with E-state index < -0.39 is 5.60 Å². The van der Waals surface area contributed by atoms with Gasteiger partial charge in [-0.2, -0.15) is 0 Å². The molecule has 0 fully saturated rings. The second-order valence-corrected chi connectivity index (χ2v) is 5.51. The first-order valence-corrected chi connectivity index (χ1v) is 7.15. The lowest BCUT2D eigenvalue weighted by Crippen LogP contribution is -2.31. The number of ether oxygens (including phenoxy) is 1. The maximum atomic E-state index is 10.5. The topological polar surface area (TPSA) is 41.5 Å². The molecule has 2 N–H and O–H groups in total. The average molecular weight is 265 g/mol. The summed E-state index contributed by atoms with van der Waals surface area (Å²) in [5, 5.41) is 13.8. The summed E-state index contributed by atoms with van der Waals surface area (Å²) in [5.41, 5.74) is 0.132. The quantitative estimate of drug-likeness (QED) is 0.759. The van der Waals surface area contributed by atoms with Crippen molar-refractivity contribution in [3.8, 4) is 5.75 Å². The van der Waals surface area contributed by atoms with Crippen molar-refractivity contribution < 1.29 is 9.84 Å². The summed E-state index contributed by atoms with van der Waals surface area (Å²) in [6.45, 7) is 9.69. The van der Waals surface area contributed by atoms with Crippen LogP contribution in [0.25, 0.3) is 0 Å². The Balaban J connectivity index is 2.57. The van der Waals surface area contributed by atoms with Gasteiger partial charge in [-0.05, 0) is 44.0 Å². The van der Waals surface area contributed by atoms with Gasteiger partial charge in [-0.15, -0.1) is 0 Å². The predicted octanol–water partition coefficient (Wildman–Crippen LogP) is 3.07. The van der Waals surface area contributed by atoms with Crippen LogP contribution in [0.3, 0.4) is 0 Å². The molecule has 1 aromatic rings. The summed E-state index contributed by atoms with van der Waals surface area (Å²) in [7, 11) is 0. The van der Waals surface area contributed by atoms with Crippen LogP contribution in [0.1, 0.15) is 46.1 Å². The van der Waals surface area contributed by atoms with Crippen LogP contribution in [0.5, 0.6) is 5.75 Å². The van der Waals surface area contributed by atoms with Gasteiger partial charge < -0.3 is 15.2 Å². The van der Waals surface area contributed by atoms with E-state index in [9.17, 15) is 5.11 Å². The van der Waals surface area contributed by atoms with Crippen molar-refractivity contribution in [2.45, 2.75) is 52.2 Å². The van der Waals surface area contributed by atoms with Gasteiger partial charge in [-0.3, -0.25) is 0 Å². The van der Waals surface area contributed by atoms with Gasteiger partial charge in [-0.25, -0.2) is 0 Å². The van der Waals surface area contributed by atoms with Gasteiger partial charge in [-0.1, -0.05) is 32.9 Å². The Morgan fingerprint density at radius 1 is 1.26 bits per heavy atom. The fourth-order valence-corrected chi connectivity index (χ4v) is 1.88. The largest absolute Gasteiger partial charge is 0.494 e. The summed E-state index contributed by atoms with van der Waals surface area (Å²) < 4.78 is 5.54. The van der Waals surface area contributed by atoms with E-state index in [1.807, 2.05) is 31.2 Å². The fraction of sp³-hybridized carbons (Fsp3) is 0.625. The highest BCUT2D eigenvalue weighted by Gasteiger charge is 2.22. The standard InChI is InChI=1S/C16H27NO2/c1-5-12-19-15-8-6-14(7-9-15)16(4,18)10-11-17-13(2)3/h6-9,13,17-18H,5,10-12H2,1-4H3. The zero-order valence-corrected chi connectivity index (χ0v) is 12.6. The van der Waals surface area contributed by atoms with Crippen LogP contribution in [-0.4, -0.2) is 24.3 Å². The smallest absolute Gasteiger partial charge is 0.119 e. The van der Waals surface area contributed by atoms with Gasteiger partial charge in [0.15, 0.2) is 0 Å². The minimum Gasteiger partial charge on any atom is -0.494 e. The number of nitrogens with one attached hydrogen (secondary N) is 1. The van der Waals surface area contributed by atoms with Crippen molar-refractivity contribution >= 4 is 0 Å². The van der Waals surface area contributed by atoms with Crippen LogP contribution in [0.4, 0.5) is 0 Å². The van der Waals surface area contributed by atoms with E-state index in [1.54, 1.807) is 0 Å². The lowest BCUT2D eigenvalue weighted by atomic mass is 9.92. The van der Waals surface area contributed by atoms with E-state index >= 15 is 0 Å². The molecule has 19 heavy (non-hydrogen) atoms. The number of hydrogen-bond donors (Lipinski definition) is 2. The molecule has 0 aliphatic heterocycles. The second kappa shape index (κ2) is 7.51. The normalized spacial score (nSPS) is 14.4. The van der Waals surface area contributed by atoms with Gasteiger partial charge in [0.05, 0.1) is 12.2 Å². The molecule has 0 radical (unpaired) electrons. The Bertz CT molecular complexity index is 358. The molecule has 0 saturated heterocycles. The number of hydrogen-bond acceptors (Lipinski definition) is 3. The molecule has 0 heterocycles. The van der Waals surface area contributed by atoms with Gasteiger partial charge in [0.25, 0.3) is 0 Å². The second-order valence-electron chi connectivity index (χ2n) is 5.51. The van der Waals surface area contributed by atoms with Crippen LogP contribution in [0.15, 0.2) is 24.3 Å². The lowest BCUT2D eigenvalue weighted by molar-refractivity contribution is 0.0475. The highest BCUT2D eigenvalue weighted by molar-refractivity contribution is 5.30. The molecule has 3 heteroatoms. The minimum absolute atomic E-state index is 0.445. The van der Waals surface area contributed by atoms with Crippen molar-refractivity contribution in [1.82, 2.24) is 5.32 Å². The third-order valence-electron chi connectivity index (χ3n) is 3.11. The Hall–Kier alpha value is -1.06. The first-order valence-electron chi connectivity index (χ1n) is 7.15. The molecule has 0 spiro atoms. The molecule has 0 bridgehead atoms. The molecule has 3 nitrogen and oxygen atoms in total. The fourth-order valence-electron chi connectivity index (χ4n) is 1.88. The first kappa shape index (κ1) is 16.0. The summed E-state index contributed by atoms with van der Waals surface area (Å²) in [6.07, 6.45) is 1.70. The molecular weight excluding hydrogens is 238 g/mol. The molecule has 0 aromatic heterocycles. The van der Waals surface area contributed by atoms with E-state index in [4.69, 9.17) is 4.74 Å². The van der Waals surface area contributed by atoms with E-state index in [2.05, 4.69) is 26.1 Å². The third-order valence-corrected chi connectivity index (χ3v) is 3.11. The van der Waals surface area contributed by atoms with Crippen molar-refractivity contribution in [2.24, 2.45) is 0 Å². The summed E-state index contributed by atoms with van der Waals surface area (Å²) >= 11 is 0. The van der Waals surface area contributed by atoms with Gasteiger partial charge in [0.1, 0.15) is 5.75 Å². The van der Waals surface area contributed by atoms with Crippen molar-refractivity contribution in [1.29, 1.82) is 0 Å². The van der Waals surface area contributed by atoms with Crippen molar-refractivity contribution in [3.63, 3.8) is 0 Å². The molecule has 1 unspecified atom stereocenters. The Morgan fingerprint density at radius 3 is 2.42 bits per heavy atom. The van der Waals surface area contributed by atoms with Crippen LogP contribution in [0.2, 0.25) is 0 Å². The van der Waals surface area contributed by atoms with Crippen molar-refractivity contribution in [2.75, 3.05) is 13.2 Å². The van der Waals surface area contributed by atoms with Crippen LogP contribution in [0, 0.1) is 0 Å². The van der Waals surface area contributed by atoms with E-state index in [-0.39, 0.29) is 0 Å². The minimum atomic E-state index is -0.800. The zero-order valence-electron chi connectivity index (χ0n) is 12.6. The van der Waals surface area contributed by atoms with Crippen molar-refractivity contribution in [3.05, 3.63) is 29.8 Å². The molecule has 1 rings (SSSR count). The molecule has 1 atom stereocenters. The highest BCUT2D eigenvalue weighted by atomic mass is 16.5. The maximum absolute atomic E-state index is 10.5. The zero-order chi connectivity index (χ0) is 14.3. The molecule has 0 aliphatic carbocycles. The van der Waals surface area contributed by atoms with Gasteiger partial charge in [0, 0.05) is 6.04 Å². The van der Waals surface area contributed by atoms with Crippen LogP contribution in [-0.2, 0) is 5.60 Å². The Labute approximate surface area is 117 Å². The summed E-state index contributed by atoms with van der Waals surface area (Å²) in [6, 6.07) is 8.19. The van der Waals surface area contributed by atoms with Crippen LogP contribution >= 0.6 is 0 Å². The predicted molar refractivity (Wildman–Crippen MR) is 79.6 cm³/mol. The van der Waals surface area contributed by atoms with E-state index in [0.29, 0.717) is 12.5 Å². The number of benzene rings is 1. The molecule has 108 valence electrons. The number of aliphatic hydroxyl groups is 1. The summed E-state index contributed by atoms with van der Waals surface area (Å²) in [5.74, 6) is 0.863. The van der Waals surface area contributed by atoms with Gasteiger partial charge in [0.2, 0.25) is 0 Å². The first-order chi connectivity index (χ1) is 8.95. The molecular formula is C16H27NO2. The van der Waals surface area contributed by atoms with Gasteiger partial charge >= 0.3 is 0 Å². The number of rotatable bonds is 8. The molecule has 0 aliphatic rings. The third kappa shape index (κ3) is 5.62. The Morgan fingerprint density at radius 2 is 1.89 bits per heavy atom. The highest BCUT2D eigenvalue weighted by Crippen LogP contribution is 2.26. The monoisotopic (exact) mass is 265 g/mol. The van der Waals surface area contributed by atoms with E-state index in [1.165, 1.54) is 0 Å².